The minimum absolute atomic E-state index is 0.177. The van der Waals surface area contributed by atoms with Crippen LogP contribution in [-0.2, 0) is 9.53 Å². The quantitative estimate of drug-likeness (QED) is 0.914. The minimum atomic E-state index is -0.399. The summed E-state index contributed by atoms with van der Waals surface area (Å²) in [6.45, 7) is 0.627. The lowest BCUT2D eigenvalue weighted by atomic mass is 10.1. The summed E-state index contributed by atoms with van der Waals surface area (Å²) in [5, 5.41) is 11.7. The van der Waals surface area contributed by atoms with E-state index in [1.54, 1.807) is 18.2 Å². The van der Waals surface area contributed by atoms with Gasteiger partial charge in [-0.25, -0.2) is 0 Å². The number of nitrogens with zero attached hydrogens (tertiary/aromatic N) is 1. The number of nitrogens with one attached hydrogen (secondary N) is 1. The van der Waals surface area contributed by atoms with E-state index in [2.05, 4.69) is 27.3 Å². The Morgan fingerprint density at radius 1 is 1.50 bits per heavy atom. The fourth-order valence-corrected chi connectivity index (χ4v) is 2.24. The number of benzene rings is 1. The van der Waals surface area contributed by atoms with Gasteiger partial charge in [0.1, 0.15) is 12.2 Å². The fraction of sp³-hybridized carbons (Fsp3) is 0.385. The first kappa shape index (κ1) is 13.1. The van der Waals surface area contributed by atoms with Crippen LogP contribution in [0.1, 0.15) is 24.8 Å². The molecule has 0 saturated carbocycles. The smallest absolute Gasteiger partial charge is 0.253 e. The van der Waals surface area contributed by atoms with Crippen LogP contribution in [0.4, 0.5) is 5.69 Å². The number of amides is 1. The van der Waals surface area contributed by atoms with Crippen LogP contribution in [0.15, 0.2) is 22.7 Å². The number of rotatable bonds is 2. The van der Waals surface area contributed by atoms with Crippen molar-refractivity contribution < 1.29 is 9.53 Å². The highest BCUT2D eigenvalue weighted by Crippen LogP contribution is 2.22. The number of hydrogen-bond acceptors (Lipinski definition) is 3. The molecule has 1 heterocycles. The van der Waals surface area contributed by atoms with Gasteiger partial charge in [0.05, 0.1) is 11.3 Å². The van der Waals surface area contributed by atoms with Gasteiger partial charge in [-0.05, 0) is 37.5 Å². The molecule has 1 aromatic rings. The summed E-state index contributed by atoms with van der Waals surface area (Å²) in [6.07, 6.45) is 2.34. The van der Waals surface area contributed by atoms with Crippen molar-refractivity contribution in [1.82, 2.24) is 0 Å². The van der Waals surface area contributed by atoms with Crippen molar-refractivity contribution in [3.05, 3.63) is 28.2 Å². The molecule has 4 nitrogen and oxygen atoms in total. The summed E-state index contributed by atoms with van der Waals surface area (Å²) >= 11 is 3.32. The second-order valence-electron chi connectivity index (χ2n) is 4.15. The Morgan fingerprint density at radius 2 is 2.33 bits per heavy atom. The zero-order valence-corrected chi connectivity index (χ0v) is 11.4. The van der Waals surface area contributed by atoms with Crippen molar-refractivity contribution in [3.63, 3.8) is 0 Å². The molecule has 1 aliphatic rings. The van der Waals surface area contributed by atoms with E-state index in [1.165, 1.54) is 0 Å². The number of ether oxygens (including phenoxy) is 1. The van der Waals surface area contributed by atoms with Crippen LogP contribution < -0.4 is 5.32 Å². The molecule has 2 rings (SSSR count). The summed E-state index contributed by atoms with van der Waals surface area (Å²) < 4.78 is 6.23. The largest absolute Gasteiger partial charge is 0.368 e. The second kappa shape index (κ2) is 5.98. The van der Waals surface area contributed by atoms with Gasteiger partial charge >= 0.3 is 0 Å². The Balaban J connectivity index is 2.11. The van der Waals surface area contributed by atoms with Crippen molar-refractivity contribution in [3.8, 4) is 6.07 Å². The molecule has 1 fully saturated rings. The number of carbonyl (C=O) groups excluding carboxylic acids is 1. The van der Waals surface area contributed by atoms with E-state index in [0.717, 1.165) is 23.7 Å². The highest BCUT2D eigenvalue weighted by Gasteiger charge is 2.22. The molecule has 1 atom stereocenters. The van der Waals surface area contributed by atoms with Crippen LogP contribution in [-0.4, -0.2) is 18.6 Å². The zero-order chi connectivity index (χ0) is 13.0. The van der Waals surface area contributed by atoms with Crippen LogP contribution in [0.2, 0.25) is 0 Å². The summed E-state index contributed by atoms with van der Waals surface area (Å²) in [5.41, 5.74) is 0.966. The van der Waals surface area contributed by atoms with Gasteiger partial charge in [0.2, 0.25) is 0 Å². The van der Waals surface area contributed by atoms with Gasteiger partial charge in [0.25, 0.3) is 5.91 Å². The monoisotopic (exact) mass is 308 g/mol. The summed E-state index contributed by atoms with van der Waals surface area (Å²) in [7, 11) is 0. The maximum absolute atomic E-state index is 12.0. The number of nitriles is 1. The number of carbonyl (C=O) groups is 1. The Bertz CT molecular complexity index is 490. The van der Waals surface area contributed by atoms with Gasteiger partial charge in [-0.3, -0.25) is 4.79 Å². The van der Waals surface area contributed by atoms with Gasteiger partial charge in [0.15, 0.2) is 0 Å². The fourth-order valence-electron chi connectivity index (χ4n) is 1.88. The van der Waals surface area contributed by atoms with Crippen molar-refractivity contribution >= 4 is 27.5 Å². The Hall–Kier alpha value is -1.38. The standard InChI is InChI=1S/C13H13BrN2O2/c14-10-5-4-9(8-15)11(7-10)16-13(17)12-3-1-2-6-18-12/h4-5,7,12H,1-3,6H2,(H,16,17). The topological polar surface area (TPSA) is 62.1 Å². The molecule has 1 N–H and O–H groups in total. The third-order valence-electron chi connectivity index (χ3n) is 2.83. The zero-order valence-electron chi connectivity index (χ0n) is 9.78. The van der Waals surface area contributed by atoms with Crippen molar-refractivity contribution in [2.24, 2.45) is 0 Å². The molecular formula is C13H13BrN2O2. The highest BCUT2D eigenvalue weighted by atomic mass is 79.9. The van der Waals surface area contributed by atoms with Gasteiger partial charge in [-0.2, -0.15) is 5.26 Å². The number of hydrogen-bond donors (Lipinski definition) is 1. The summed E-state index contributed by atoms with van der Waals surface area (Å²) in [4.78, 5) is 12.0. The number of anilines is 1. The Labute approximate surface area is 114 Å². The molecule has 0 aromatic heterocycles. The average molecular weight is 309 g/mol. The molecule has 0 radical (unpaired) electrons. The second-order valence-corrected chi connectivity index (χ2v) is 5.06. The third-order valence-corrected chi connectivity index (χ3v) is 3.33. The molecule has 1 unspecified atom stereocenters. The van der Waals surface area contributed by atoms with Crippen LogP contribution in [0, 0.1) is 11.3 Å². The summed E-state index contributed by atoms with van der Waals surface area (Å²) in [5.74, 6) is -0.177. The van der Waals surface area contributed by atoms with Crippen LogP contribution >= 0.6 is 15.9 Å². The highest BCUT2D eigenvalue weighted by molar-refractivity contribution is 9.10. The van der Waals surface area contributed by atoms with E-state index in [1.807, 2.05) is 0 Å². The van der Waals surface area contributed by atoms with Gasteiger partial charge in [0, 0.05) is 11.1 Å². The molecular weight excluding hydrogens is 296 g/mol. The van der Waals surface area contributed by atoms with Gasteiger partial charge in [-0.15, -0.1) is 0 Å². The average Bonchev–Trinajstić information content (AvgIpc) is 2.40. The minimum Gasteiger partial charge on any atom is -0.368 e. The molecule has 1 aliphatic heterocycles. The van der Waals surface area contributed by atoms with E-state index in [4.69, 9.17) is 10.00 Å². The van der Waals surface area contributed by atoms with Gasteiger partial charge < -0.3 is 10.1 Å². The van der Waals surface area contributed by atoms with Crippen LogP contribution in [0.25, 0.3) is 0 Å². The van der Waals surface area contributed by atoms with E-state index in [9.17, 15) is 4.79 Å². The molecule has 1 aromatic carbocycles. The van der Waals surface area contributed by atoms with Crippen molar-refractivity contribution in [2.45, 2.75) is 25.4 Å². The molecule has 0 spiro atoms. The maximum Gasteiger partial charge on any atom is 0.253 e. The molecule has 0 bridgehead atoms. The van der Waals surface area contributed by atoms with Gasteiger partial charge in [-0.1, -0.05) is 15.9 Å². The Morgan fingerprint density at radius 3 is 3.00 bits per heavy atom. The molecule has 1 amide bonds. The lowest BCUT2D eigenvalue weighted by Gasteiger charge is -2.21. The SMILES string of the molecule is N#Cc1ccc(Br)cc1NC(=O)C1CCCCO1. The normalized spacial score (nSPS) is 19.0. The predicted molar refractivity (Wildman–Crippen MR) is 71.1 cm³/mol. The molecule has 94 valence electrons. The number of halogens is 1. The molecule has 1 saturated heterocycles. The predicted octanol–water partition coefficient (Wildman–Crippen LogP) is 2.83. The maximum atomic E-state index is 12.0. The van der Waals surface area contributed by atoms with Crippen LogP contribution in [0.5, 0.6) is 0 Å². The first-order valence-corrected chi connectivity index (χ1v) is 6.62. The Kier molecular flexibility index (Phi) is 4.34. The molecule has 0 aliphatic carbocycles. The van der Waals surface area contributed by atoms with E-state index in [0.29, 0.717) is 17.9 Å². The third kappa shape index (κ3) is 3.09. The summed E-state index contributed by atoms with van der Waals surface area (Å²) in [6, 6.07) is 7.21. The van der Waals surface area contributed by atoms with Crippen molar-refractivity contribution in [2.75, 3.05) is 11.9 Å². The van der Waals surface area contributed by atoms with E-state index in [-0.39, 0.29) is 5.91 Å². The molecule has 5 heteroatoms. The van der Waals surface area contributed by atoms with Crippen molar-refractivity contribution in [1.29, 1.82) is 5.26 Å². The van der Waals surface area contributed by atoms with E-state index < -0.39 is 6.10 Å². The lowest BCUT2D eigenvalue weighted by molar-refractivity contribution is -0.129. The van der Waals surface area contributed by atoms with Crippen LogP contribution in [0.3, 0.4) is 0 Å². The first-order chi connectivity index (χ1) is 8.70. The lowest BCUT2D eigenvalue weighted by Crippen LogP contribution is -2.33. The molecule has 18 heavy (non-hydrogen) atoms. The van der Waals surface area contributed by atoms with E-state index >= 15 is 0 Å². The first-order valence-electron chi connectivity index (χ1n) is 5.83.